The predicted molar refractivity (Wildman–Crippen MR) is 92.4 cm³/mol. The fraction of sp³-hybridized carbons (Fsp3) is 0.368. The Kier molecular flexibility index (Phi) is 5.19. The van der Waals surface area contributed by atoms with Gasteiger partial charge in [-0.25, -0.2) is 0 Å². The van der Waals surface area contributed by atoms with E-state index in [4.69, 9.17) is 9.47 Å². The van der Waals surface area contributed by atoms with E-state index in [1.165, 1.54) is 0 Å². The van der Waals surface area contributed by atoms with E-state index in [1.807, 2.05) is 30.3 Å². The van der Waals surface area contributed by atoms with E-state index >= 15 is 0 Å². The fourth-order valence-electron chi connectivity index (χ4n) is 2.88. The number of β-amino-alcohol motifs (C(OH)–C–C–N with tert-alkyl or cyclic N) is 1. The molecule has 25 heavy (non-hydrogen) atoms. The van der Waals surface area contributed by atoms with Gasteiger partial charge in [-0.1, -0.05) is 18.2 Å². The summed E-state index contributed by atoms with van der Waals surface area (Å²) in [6.07, 6.45) is 3.39. The Balaban J connectivity index is 1.55. The summed E-state index contributed by atoms with van der Waals surface area (Å²) < 4.78 is 11.3. The summed E-state index contributed by atoms with van der Waals surface area (Å²) in [6, 6.07) is 12.9. The van der Waals surface area contributed by atoms with Gasteiger partial charge in [-0.2, -0.15) is 0 Å². The van der Waals surface area contributed by atoms with Gasteiger partial charge >= 0.3 is 0 Å². The van der Waals surface area contributed by atoms with Crippen LogP contribution in [-0.2, 0) is 4.79 Å². The van der Waals surface area contributed by atoms with Gasteiger partial charge in [-0.3, -0.25) is 9.78 Å². The van der Waals surface area contributed by atoms with Gasteiger partial charge in [0, 0.05) is 19.2 Å². The number of aromatic nitrogens is 1. The maximum atomic E-state index is 12.4. The van der Waals surface area contributed by atoms with E-state index in [0.29, 0.717) is 24.5 Å². The van der Waals surface area contributed by atoms with Gasteiger partial charge in [-0.05, 0) is 31.2 Å². The minimum absolute atomic E-state index is 0.0774. The van der Waals surface area contributed by atoms with Crippen LogP contribution in [0.15, 0.2) is 54.9 Å². The van der Waals surface area contributed by atoms with Crippen molar-refractivity contribution in [2.45, 2.75) is 25.0 Å². The van der Waals surface area contributed by atoms with Crippen molar-refractivity contribution in [1.82, 2.24) is 9.88 Å². The van der Waals surface area contributed by atoms with Crippen molar-refractivity contribution in [3.63, 3.8) is 0 Å². The molecule has 0 spiro atoms. The first-order chi connectivity index (χ1) is 12.0. The Labute approximate surface area is 147 Å². The number of benzene rings is 1. The van der Waals surface area contributed by atoms with Gasteiger partial charge in [-0.15, -0.1) is 0 Å². The number of carbonyl (C=O) groups is 1. The van der Waals surface area contributed by atoms with Gasteiger partial charge in [0.1, 0.15) is 23.2 Å². The summed E-state index contributed by atoms with van der Waals surface area (Å²) in [6.45, 7) is 2.34. The predicted octanol–water partition coefficient (Wildman–Crippen LogP) is 1.89. The number of amides is 1. The number of likely N-dealkylation sites (tertiary alicyclic amines) is 1. The highest BCUT2D eigenvalue weighted by Crippen LogP contribution is 2.26. The average Bonchev–Trinajstić information content (AvgIpc) is 2.63. The Hall–Kier alpha value is -2.60. The molecule has 1 aliphatic heterocycles. The first kappa shape index (κ1) is 17.2. The van der Waals surface area contributed by atoms with Gasteiger partial charge in [0.2, 0.25) is 0 Å². The molecule has 1 saturated heterocycles. The first-order valence-electron chi connectivity index (χ1n) is 8.29. The Bertz CT molecular complexity index is 691. The number of hydrogen-bond acceptors (Lipinski definition) is 5. The van der Waals surface area contributed by atoms with Gasteiger partial charge in [0.05, 0.1) is 12.7 Å². The second kappa shape index (κ2) is 7.53. The second-order valence-electron chi connectivity index (χ2n) is 6.36. The molecule has 0 unspecified atom stereocenters. The van der Waals surface area contributed by atoms with E-state index in [9.17, 15) is 9.90 Å². The highest BCUT2D eigenvalue weighted by atomic mass is 16.5. The van der Waals surface area contributed by atoms with Crippen LogP contribution in [-0.4, -0.2) is 52.3 Å². The minimum atomic E-state index is -1.13. The standard InChI is InChI=1S/C19H22N2O4/c1-19(23)14-21(18(22)13-24-16-8-5-10-20-12-16)11-9-17(19)25-15-6-3-2-4-7-15/h2-8,10,12,17,23H,9,11,13-14H2,1H3/t17-,19-/m0/s1. The smallest absolute Gasteiger partial charge is 0.260 e. The van der Waals surface area contributed by atoms with Crippen LogP contribution in [0.5, 0.6) is 11.5 Å². The van der Waals surface area contributed by atoms with Crippen LogP contribution in [0.4, 0.5) is 0 Å². The SMILES string of the molecule is C[C@]1(O)CN(C(=O)COc2cccnc2)CC[C@@H]1Oc1ccccc1. The van der Waals surface area contributed by atoms with Crippen molar-refractivity contribution in [1.29, 1.82) is 0 Å². The Morgan fingerprint density at radius 2 is 2.04 bits per heavy atom. The van der Waals surface area contributed by atoms with Gasteiger partial charge in [0.15, 0.2) is 6.61 Å². The molecule has 1 aromatic carbocycles. The molecule has 3 rings (SSSR count). The number of ether oxygens (including phenoxy) is 2. The summed E-state index contributed by atoms with van der Waals surface area (Å²) >= 11 is 0. The number of para-hydroxylation sites is 1. The van der Waals surface area contributed by atoms with E-state index in [-0.39, 0.29) is 25.2 Å². The molecule has 2 heterocycles. The third-order valence-electron chi connectivity index (χ3n) is 4.24. The summed E-state index contributed by atoms with van der Waals surface area (Å²) in [5.41, 5.74) is -1.13. The monoisotopic (exact) mass is 342 g/mol. The normalized spacial score (nSPS) is 23.1. The van der Waals surface area contributed by atoms with Crippen LogP contribution in [0.2, 0.25) is 0 Å². The number of hydrogen-bond donors (Lipinski definition) is 1. The molecule has 6 nitrogen and oxygen atoms in total. The van der Waals surface area contributed by atoms with Crippen LogP contribution in [0, 0.1) is 0 Å². The molecule has 1 amide bonds. The van der Waals surface area contributed by atoms with Crippen molar-refractivity contribution in [3.05, 3.63) is 54.9 Å². The zero-order chi connectivity index (χ0) is 17.7. The van der Waals surface area contributed by atoms with Crippen LogP contribution in [0.1, 0.15) is 13.3 Å². The largest absolute Gasteiger partial charge is 0.487 e. The molecule has 1 N–H and O–H groups in total. The highest BCUT2D eigenvalue weighted by molar-refractivity contribution is 5.78. The Morgan fingerprint density at radius 3 is 2.72 bits per heavy atom. The van der Waals surface area contributed by atoms with Crippen LogP contribution in [0.25, 0.3) is 0 Å². The highest BCUT2D eigenvalue weighted by Gasteiger charge is 2.41. The molecule has 6 heteroatoms. The van der Waals surface area contributed by atoms with E-state index in [1.54, 1.807) is 36.4 Å². The molecule has 0 aliphatic carbocycles. The second-order valence-corrected chi connectivity index (χ2v) is 6.36. The van der Waals surface area contributed by atoms with Crippen LogP contribution < -0.4 is 9.47 Å². The maximum absolute atomic E-state index is 12.4. The number of nitrogens with zero attached hydrogens (tertiary/aromatic N) is 2. The van der Waals surface area contributed by atoms with Gasteiger partial charge < -0.3 is 19.5 Å². The van der Waals surface area contributed by atoms with Crippen LogP contribution in [0.3, 0.4) is 0 Å². The molecular weight excluding hydrogens is 320 g/mol. The molecule has 1 fully saturated rings. The summed E-state index contributed by atoms with van der Waals surface area (Å²) in [5, 5.41) is 10.7. The Morgan fingerprint density at radius 1 is 1.28 bits per heavy atom. The lowest BCUT2D eigenvalue weighted by Gasteiger charge is -2.42. The molecule has 0 saturated carbocycles. The number of carbonyl (C=O) groups excluding carboxylic acids is 1. The van der Waals surface area contributed by atoms with Crippen molar-refractivity contribution in [2.75, 3.05) is 19.7 Å². The van der Waals surface area contributed by atoms with Crippen molar-refractivity contribution in [2.24, 2.45) is 0 Å². The number of piperidine rings is 1. The minimum Gasteiger partial charge on any atom is -0.487 e. The molecule has 1 aliphatic rings. The van der Waals surface area contributed by atoms with Crippen molar-refractivity contribution in [3.8, 4) is 11.5 Å². The quantitative estimate of drug-likeness (QED) is 0.898. The van der Waals surface area contributed by atoms with Crippen molar-refractivity contribution >= 4 is 5.91 Å². The zero-order valence-electron chi connectivity index (χ0n) is 14.2. The molecule has 2 atom stereocenters. The molecule has 0 bridgehead atoms. The number of pyridine rings is 1. The molecule has 2 aromatic rings. The summed E-state index contributed by atoms with van der Waals surface area (Å²) in [7, 11) is 0. The van der Waals surface area contributed by atoms with E-state index < -0.39 is 5.60 Å². The lowest BCUT2D eigenvalue weighted by Crippen LogP contribution is -2.59. The molecular formula is C19H22N2O4. The summed E-state index contributed by atoms with van der Waals surface area (Å²) in [5.74, 6) is 1.10. The summed E-state index contributed by atoms with van der Waals surface area (Å²) in [4.78, 5) is 17.9. The molecule has 132 valence electrons. The lowest BCUT2D eigenvalue weighted by atomic mass is 9.91. The zero-order valence-corrected chi connectivity index (χ0v) is 14.2. The average molecular weight is 342 g/mol. The van der Waals surface area contributed by atoms with Crippen molar-refractivity contribution < 1.29 is 19.4 Å². The topological polar surface area (TPSA) is 71.9 Å². The van der Waals surface area contributed by atoms with E-state index in [0.717, 1.165) is 0 Å². The third kappa shape index (κ3) is 4.48. The molecule has 1 aromatic heterocycles. The van der Waals surface area contributed by atoms with Gasteiger partial charge in [0.25, 0.3) is 5.91 Å². The number of aliphatic hydroxyl groups is 1. The molecule has 0 radical (unpaired) electrons. The fourth-order valence-corrected chi connectivity index (χ4v) is 2.88. The maximum Gasteiger partial charge on any atom is 0.260 e. The van der Waals surface area contributed by atoms with E-state index in [2.05, 4.69) is 4.98 Å². The number of rotatable bonds is 5. The first-order valence-corrected chi connectivity index (χ1v) is 8.29. The third-order valence-corrected chi connectivity index (χ3v) is 4.24. The van der Waals surface area contributed by atoms with Crippen LogP contribution >= 0.6 is 0 Å². The lowest BCUT2D eigenvalue weighted by molar-refractivity contribution is -0.147.